The molecule has 0 amide bonds. The van der Waals surface area contributed by atoms with E-state index in [0.29, 0.717) is 23.6 Å². The molecule has 3 aromatic heterocycles. The lowest BCUT2D eigenvalue weighted by molar-refractivity contribution is 0.125. The van der Waals surface area contributed by atoms with Gasteiger partial charge in [-0.25, -0.2) is 0 Å². The second-order valence-electron chi connectivity index (χ2n) is 7.58. The van der Waals surface area contributed by atoms with Crippen molar-refractivity contribution in [1.29, 1.82) is 0 Å². The van der Waals surface area contributed by atoms with Crippen LogP contribution in [0.2, 0.25) is 0 Å². The van der Waals surface area contributed by atoms with E-state index >= 15 is 0 Å². The van der Waals surface area contributed by atoms with Gasteiger partial charge >= 0.3 is 0 Å². The Balaban J connectivity index is 1.82. The third-order valence-electron chi connectivity index (χ3n) is 5.59. The summed E-state index contributed by atoms with van der Waals surface area (Å²) in [6.45, 7) is 5.58. The average molecular weight is 394 g/mol. The first-order chi connectivity index (χ1) is 14.0. The minimum atomic E-state index is -0.353. The number of hydrogen-bond acceptors (Lipinski definition) is 6. The first-order valence-electron chi connectivity index (χ1n) is 9.83. The highest BCUT2D eigenvalue weighted by molar-refractivity contribution is 5.40. The smallest absolute Gasteiger partial charge is 0.260 e. The van der Waals surface area contributed by atoms with Gasteiger partial charge in [0.15, 0.2) is 0 Å². The number of aromatic nitrogens is 2. The standard InChI is InChI=1S/C22H26N4O3/c1-16-13-19(27)20(22(28)26(16)15-18-6-4-12-29-18)21(17-5-3-7-23-14-17)25-10-8-24(2)9-11-25/h3-7,12-14,21,27H,8-11,15H2,1-2H3/t21-/m1/s1. The molecule has 0 aliphatic carbocycles. The van der Waals surface area contributed by atoms with Crippen molar-refractivity contribution in [2.24, 2.45) is 0 Å². The Hall–Kier alpha value is -2.90. The summed E-state index contributed by atoms with van der Waals surface area (Å²) < 4.78 is 7.10. The largest absolute Gasteiger partial charge is 0.507 e. The zero-order chi connectivity index (χ0) is 20.4. The summed E-state index contributed by atoms with van der Waals surface area (Å²) in [6.07, 6.45) is 5.09. The van der Waals surface area contributed by atoms with Crippen LogP contribution in [0.25, 0.3) is 0 Å². The van der Waals surface area contributed by atoms with Crippen LogP contribution < -0.4 is 5.56 Å². The lowest BCUT2D eigenvalue weighted by atomic mass is 9.97. The van der Waals surface area contributed by atoms with E-state index in [1.54, 1.807) is 35.4 Å². The van der Waals surface area contributed by atoms with Crippen molar-refractivity contribution in [2.75, 3.05) is 33.2 Å². The molecule has 4 heterocycles. The van der Waals surface area contributed by atoms with E-state index < -0.39 is 0 Å². The Morgan fingerprint density at radius 3 is 2.66 bits per heavy atom. The molecule has 1 atom stereocenters. The topological polar surface area (TPSA) is 74.7 Å². The summed E-state index contributed by atoms with van der Waals surface area (Å²) in [5.41, 5.74) is 1.78. The fourth-order valence-electron chi connectivity index (χ4n) is 3.96. The molecule has 0 spiro atoms. The van der Waals surface area contributed by atoms with Crippen LogP contribution in [0.1, 0.15) is 28.6 Å². The van der Waals surface area contributed by atoms with Crippen LogP contribution in [0.15, 0.2) is 58.2 Å². The van der Waals surface area contributed by atoms with Crippen LogP contribution in [0, 0.1) is 6.92 Å². The van der Waals surface area contributed by atoms with Gasteiger partial charge in [-0.2, -0.15) is 0 Å². The monoisotopic (exact) mass is 394 g/mol. The van der Waals surface area contributed by atoms with Crippen molar-refractivity contribution in [3.63, 3.8) is 0 Å². The molecule has 0 saturated carbocycles. The van der Waals surface area contributed by atoms with E-state index in [1.807, 2.05) is 25.1 Å². The average Bonchev–Trinajstić information content (AvgIpc) is 3.23. The molecule has 1 fully saturated rings. The van der Waals surface area contributed by atoms with Gasteiger partial charge in [-0.3, -0.25) is 14.7 Å². The number of piperazine rings is 1. The number of aromatic hydroxyl groups is 1. The van der Waals surface area contributed by atoms with Crippen LogP contribution in [-0.2, 0) is 6.54 Å². The van der Waals surface area contributed by atoms with Gasteiger partial charge in [-0.05, 0) is 43.8 Å². The number of likely N-dealkylation sites (N-methyl/N-ethyl adjacent to an activating group) is 1. The van der Waals surface area contributed by atoms with Gasteiger partial charge in [0.1, 0.15) is 11.5 Å². The predicted molar refractivity (Wildman–Crippen MR) is 110 cm³/mol. The van der Waals surface area contributed by atoms with Gasteiger partial charge < -0.3 is 19.0 Å². The predicted octanol–water partition coefficient (Wildman–Crippen LogP) is 2.24. The quantitative estimate of drug-likeness (QED) is 0.715. The van der Waals surface area contributed by atoms with Crippen LogP contribution in [0.4, 0.5) is 0 Å². The van der Waals surface area contributed by atoms with Gasteiger partial charge in [-0.1, -0.05) is 6.07 Å². The molecular weight excluding hydrogens is 368 g/mol. The van der Waals surface area contributed by atoms with Gasteiger partial charge in [0.05, 0.1) is 24.4 Å². The lowest BCUT2D eigenvalue weighted by Crippen LogP contribution is -2.47. The molecule has 0 unspecified atom stereocenters. The Bertz CT molecular complexity index is 1010. The van der Waals surface area contributed by atoms with E-state index in [0.717, 1.165) is 31.7 Å². The fourth-order valence-corrected chi connectivity index (χ4v) is 3.96. The molecule has 4 rings (SSSR count). The number of hydrogen-bond donors (Lipinski definition) is 1. The molecule has 0 aromatic carbocycles. The SMILES string of the molecule is Cc1cc(O)c([C@@H](c2cccnc2)N2CCN(C)CC2)c(=O)n1Cc1ccco1. The Labute approximate surface area is 169 Å². The molecule has 1 saturated heterocycles. The number of aryl methyl sites for hydroxylation is 1. The molecule has 3 aromatic rings. The van der Waals surface area contributed by atoms with Crippen molar-refractivity contribution in [3.05, 3.63) is 81.9 Å². The molecule has 29 heavy (non-hydrogen) atoms. The molecule has 152 valence electrons. The summed E-state index contributed by atoms with van der Waals surface area (Å²) in [7, 11) is 2.09. The lowest BCUT2D eigenvalue weighted by Gasteiger charge is -2.38. The van der Waals surface area contributed by atoms with E-state index in [4.69, 9.17) is 4.42 Å². The number of furan rings is 1. The van der Waals surface area contributed by atoms with E-state index in [1.165, 1.54) is 0 Å². The maximum Gasteiger partial charge on any atom is 0.260 e. The van der Waals surface area contributed by atoms with Gasteiger partial charge in [-0.15, -0.1) is 0 Å². The first-order valence-corrected chi connectivity index (χ1v) is 9.83. The Morgan fingerprint density at radius 1 is 1.21 bits per heavy atom. The molecule has 7 heteroatoms. The second-order valence-corrected chi connectivity index (χ2v) is 7.58. The van der Waals surface area contributed by atoms with E-state index in [9.17, 15) is 9.90 Å². The number of rotatable bonds is 5. The molecular formula is C22H26N4O3. The van der Waals surface area contributed by atoms with Crippen molar-refractivity contribution in [3.8, 4) is 5.75 Å². The fraction of sp³-hybridized carbons (Fsp3) is 0.364. The van der Waals surface area contributed by atoms with Crippen LogP contribution in [0.5, 0.6) is 5.75 Å². The van der Waals surface area contributed by atoms with Crippen molar-refractivity contribution < 1.29 is 9.52 Å². The van der Waals surface area contributed by atoms with Gasteiger partial charge in [0.2, 0.25) is 0 Å². The van der Waals surface area contributed by atoms with Crippen LogP contribution >= 0.6 is 0 Å². The third kappa shape index (κ3) is 3.97. The highest BCUT2D eigenvalue weighted by Crippen LogP contribution is 2.32. The van der Waals surface area contributed by atoms with Gasteiger partial charge in [0.25, 0.3) is 5.56 Å². The number of pyridine rings is 2. The molecule has 1 aliphatic heterocycles. The maximum absolute atomic E-state index is 13.6. The summed E-state index contributed by atoms with van der Waals surface area (Å²) in [4.78, 5) is 22.3. The van der Waals surface area contributed by atoms with Crippen LogP contribution in [-0.4, -0.2) is 57.7 Å². The highest BCUT2D eigenvalue weighted by Gasteiger charge is 2.31. The first kappa shape index (κ1) is 19.4. The second kappa shape index (κ2) is 8.23. The normalized spacial score (nSPS) is 16.8. The molecule has 0 radical (unpaired) electrons. The molecule has 1 aliphatic rings. The molecule has 7 nitrogen and oxygen atoms in total. The zero-order valence-electron chi connectivity index (χ0n) is 16.8. The Kier molecular flexibility index (Phi) is 5.51. The number of nitrogens with zero attached hydrogens (tertiary/aromatic N) is 4. The van der Waals surface area contributed by atoms with Crippen molar-refractivity contribution in [1.82, 2.24) is 19.4 Å². The van der Waals surface area contributed by atoms with Crippen LogP contribution in [0.3, 0.4) is 0 Å². The maximum atomic E-state index is 13.6. The zero-order valence-corrected chi connectivity index (χ0v) is 16.8. The highest BCUT2D eigenvalue weighted by atomic mass is 16.3. The summed E-state index contributed by atoms with van der Waals surface area (Å²) >= 11 is 0. The molecule has 1 N–H and O–H groups in total. The van der Waals surface area contributed by atoms with Crippen molar-refractivity contribution >= 4 is 0 Å². The third-order valence-corrected chi connectivity index (χ3v) is 5.59. The molecule has 0 bridgehead atoms. The summed E-state index contributed by atoms with van der Waals surface area (Å²) in [6, 6.07) is 8.79. The van der Waals surface area contributed by atoms with E-state index in [2.05, 4.69) is 21.8 Å². The summed E-state index contributed by atoms with van der Waals surface area (Å²) in [5.74, 6) is 0.723. The van der Waals surface area contributed by atoms with E-state index in [-0.39, 0.29) is 17.4 Å². The minimum Gasteiger partial charge on any atom is -0.507 e. The van der Waals surface area contributed by atoms with Crippen molar-refractivity contribution in [2.45, 2.75) is 19.5 Å². The summed E-state index contributed by atoms with van der Waals surface area (Å²) in [5, 5.41) is 10.8. The minimum absolute atomic E-state index is 0.0241. The van der Waals surface area contributed by atoms with Gasteiger partial charge in [0, 0.05) is 44.3 Å². The Morgan fingerprint density at radius 2 is 2.00 bits per heavy atom.